The molecule has 1 aromatic heterocycles. The number of thioether (sulfide) groups is 1. The zero-order valence-electron chi connectivity index (χ0n) is 18.8. The Balaban J connectivity index is 1.84. The molecule has 0 radical (unpaired) electrons. The van der Waals surface area contributed by atoms with Crippen molar-refractivity contribution in [2.75, 3.05) is 18.1 Å². The SMILES string of the molecule is C/C(O)=C(/C(=O)NCC(C)N)C(=O)N(Cc1ccc(-c2ccccc2F)nc1)C1CCSC1. The van der Waals surface area contributed by atoms with Gasteiger partial charge in [0, 0.05) is 42.7 Å². The van der Waals surface area contributed by atoms with Crippen LogP contribution in [0.2, 0.25) is 0 Å². The molecule has 3 rings (SSSR count). The Morgan fingerprint density at radius 1 is 1.33 bits per heavy atom. The Labute approximate surface area is 197 Å². The Morgan fingerprint density at radius 3 is 2.67 bits per heavy atom. The molecule has 176 valence electrons. The first-order chi connectivity index (χ1) is 15.8. The molecule has 1 aliphatic heterocycles. The van der Waals surface area contributed by atoms with Crippen LogP contribution in [0.25, 0.3) is 11.3 Å². The van der Waals surface area contributed by atoms with Crippen LogP contribution in [0, 0.1) is 5.82 Å². The van der Waals surface area contributed by atoms with Crippen molar-refractivity contribution in [2.24, 2.45) is 5.73 Å². The van der Waals surface area contributed by atoms with Crippen molar-refractivity contribution in [3.05, 3.63) is 65.3 Å². The number of nitrogens with one attached hydrogen (secondary N) is 1. The molecule has 0 spiro atoms. The lowest BCUT2D eigenvalue weighted by molar-refractivity contribution is -0.132. The predicted octanol–water partition coefficient (Wildman–Crippen LogP) is 3.02. The predicted molar refractivity (Wildman–Crippen MR) is 128 cm³/mol. The average Bonchev–Trinajstić information content (AvgIpc) is 3.31. The van der Waals surface area contributed by atoms with Gasteiger partial charge in [-0.3, -0.25) is 14.6 Å². The second-order valence-corrected chi connectivity index (χ2v) is 9.28. The van der Waals surface area contributed by atoms with Gasteiger partial charge in [0.15, 0.2) is 0 Å². The third kappa shape index (κ3) is 6.33. The largest absolute Gasteiger partial charge is 0.512 e. The summed E-state index contributed by atoms with van der Waals surface area (Å²) in [7, 11) is 0. The van der Waals surface area contributed by atoms with E-state index in [1.807, 2.05) is 0 Å². The quantitative estimate of drug-likeness (QED) is 0.236. The van der Waals surface area contributed by atoms with Crippen LogP contribution in [-0.2, 0) is 16.1 Å². The van der Waals surface area contributed by atoms with Gasteiger partial charge in [-0.15, -0.1) is 0 Å². The third-order valence-corrected chi connectivity index (χ3v) is 6.47. The van der Waals surface area contributed by atoms with Crippen LogP contribution < -0.4 is 11.1 Å². The van der Waals surface area contributed by atoms with E-state index >= 15 is 0 Å². The lowest BCUT2D eigenvalue weighted by Gasteiger charge is -2.29. The summed E-state index contributed by atoms with van der Waals surface area (Å²) in [6.07, 6.45) is 2.39. The van der Waals surface area contributed by atoms with E-state index in [-0.39, 0.29) is 42.3 Å². The number of halogens is 1. The number of aliphatic hydroxyl groups excluding tert-OH is 1. The summed E-state index contributed by atoms with van der Waals surface area (Å²) in [5.41, 5.74) is 7.04. The van der Waals surface area contributed by atoms with Gasteiger partial charge >= 0.3 is 0 Å². The number of nitrogens with zero attached hydrogens (tertiary/aromatic N) is 2. The molecule has 1 fully saturated rings. The second-order valence-electron chi connectivity index (χ2n) is 8.13. The number of nitrogens with two attached hydrogens (primary N) is 1. The van der Waals surface area contributed by atoms with Gasteiger partial charge in [-0.05, 0) is 49.8 Å². The molecule has 2 heterocycles. The minimum atomic E-state index is -0.652. The molecule has 1 aliphatic rings. The Bertz CT molecular complexity index is 1020. The molecule has 9 heteroatoms. The zero-order chi connectivity index (χ0) is 24.0. The molecule has 1 aromatic carbocycles. The van der Waals surface area contributed by atoms with Gasteiger partial charge in [0.2, 0.25) is 0 Å². The minimum absolute atomic E-state index is 0.0793. The Morgan fingerprint density at radius 2 is 2.09 bits per heavy atom. The van der Waals surface area contributed by atoms with Crippen LogP contribution in [0.1, 0.15) is 25.8 Å². The molecular formula is C24H29FN4O3S. The summed E-state index contributed by atoms with van der Waals surface area (Å²) in [6.45, 7) is 3.46. The van der Waals surface area contributed by atoms with E-state index in [0.717, 1.165) is 23.5 Å². The van der Waals surface area contributed by atoms with Gasteiger partial charge in [0.25, 0.3) is 11.8 Å². The fourth-order valence-electron chi connectivity index (χ4n) is 3.58. The highest BCUT2D eigenvalue weighted by Gasteiger charge is 2.33. The van der Waals surface area contributed by atoms with Crippen molar-refractivity contribution >= 4 is 23.6 Å². The van der Waals surface area contributed by atoms with E-state index in [4.69, 9.17) is 5.73 Å². The number of carbonyl (C=O) groups is 2. The number of hydrogen-bond donors (Lipinski definition) is 3. The lowest BCUT2D eigenvalue weighted by atomic mass is 10.1. The minimum Gasteiger partial charge on any atom is -0.512 e. The normalized spacial score (nSPS) is 17.3. The maximum absolute atomic E-state index is 14.1. The molecule has 4 N–H and O–H groups in total. The van der Waals surface area contributed by atoms with Crippen LogP contribution in [0.4, 0.5) is 4.39 Å². The van der Waals surface area contributed by atoms with Gasteiger partial charge in [-0.25, -0.2) is 4.39 Å². The number of amides is 2. The van der Waals surface area contributed by atoms with Crippen molar-refractivity contribution in [1.82, 2.24) is 15.2 Å². The van der Waals surface area contributed by atoms with Crippen LogP contribution in [-0.4, -0.2) is 56.9 Å². The molecule has 7 nitrogen and oxygen atoms in total. The van der Waals surface area contributed by atoms with E-state index in [9.17, 15) is 19.1 Å². The van der Waals surface area contributed by atoms with Gasteiger partial charge in [-0.1, -0.05) is 18.2 Å². The summed E-state index contributed by atoms with van der Waals surface area (Å²) in [6, 6.07) is 9.54. The highest BCUT2D eigenvalue weighted by Crippen LogP contribution is 2.27. The molecule has 1 saturated heterocycles. The number of benzene rings is 1. The molecule has 2 unspecified atom stereocenters. The molecule has 2 atom stereocenters. The van der Waals surface area contributed by atoms with E-state index in [1.165, 1.54) is 13.0 Å². The number of pyridine rings is 1. The number of allylic oxidation sites excluding steroid dienone is 1. The number of carbonyl (C=O) groups excluding carboxylic acids is 2. The highest BCUT2D eigenvalue weighted by molar-refractivity contribution is 7.99. The van der Waals surface area contributed by atoms with Crippen LogP contribution >= 0.6 is 11.8 Å². The Kier molecular flexibility index (Phi) is 8.46. The summed E-state index contributed by atoms with van der Waals surface area (Å²) in [5.74, 6) is -0.239. The maximum atomic E-state index is 14.1. The summed E-state index contributed by atoms with van der Waals surface area (Å²) in [4.78, 5) is 32.1. The zero-order valence-corrected chi connectivity index (χ0v) is 19.6. The molecule has 0 bridgehead atoms. The fourth-order valence-corrected chi connectivity index (χ4v) is 4.80. The fraction of sp³-hybridized carbons (Fsp3) is 0.375. The van der Waals surface area contributed by atoms with E-state index in [0.29, 0.717) is 11.3 Å². The number of hydrogen-bond acceptors (Lipinski definition) is 6. The molecule has 0 saturated carbocycles. The topological polar surface area (TPSA) is 109 Å². The number of rotatable bonds is 8. The number of aromatic nitrogens is 1. The summed E-state index contributed by atoms with van der Waals surface area (Å²) >= 11 is 1.74. The highest BCUT2D eigenvalue weighted by atomic mass is 32.2. The molecule has 2 amide bonds. The summed E-state index contributed by atoms with van der Waals surface area (Å²) < 4.78 is 14.1. The first kappa shape index (κ1) is 24.7. The molecule has 33 heavy (non-hydrogen) atoms. The van der Waals surface area contributed by atoms with Crippen molar-refractivity contribution in [3.63, 3.8) is 0 Å². The van der Waals surface area contributed by atoms with Gasteiger partial charge in [0.05, 0.1) is 5.69 Å². The summed E-state index contributed by atoms with van der Waals surface area (Å²) in [5, 5.41) is 12.8. The smallest absolute Gasteiger partial charge is 0.263 e. The van der Waals surface area contributed by atoms with E-state index in [1.54, 1.807) is 60.1 Å². The monoisotopic (exact) mass is 472 g/mol. The second kappa shape index (κ2) is 11.3. The average molecular weight is 473 g/mol. The van der Waals surface area contributed by atoms with E-state index in [2.05, 4.69) is 10.3 Å². The third-order valence-electron chi connectivity index (χ3n) is 5.32. The molecule has 2 aromatic rings. The van der Waals surface area contributed by atoms with Crippen molar-refractivity contribution in [1.29, 1.82) is 0 Å². The molecule has 0 aliphatic carbocycles. The van der Waals surface area contributed by atoms with Crippen molar-refractivity contribution in [2.45, 2.75) is 38.9 Å². The van der Waals surface area contributed by atoms with Crippen molar-refractivity contribution < 1.29 is 19.1 Å². The van der Waals surface area contributed by atoms with Gasteiger partial charge in [-0.2, -0.15) is 11.8 Å². The van der Waals surface area contributed by atoms with Crippen LogP contribution in [0.3, 0.4) is 0 Å². The number of aliphatic hydroxyl groups is 1. The van der Waals surface area contributed by atoms with Crippen molar-refractivity contribution in [3.8, 4) is 11.3 Å². The first-order valence-corrected chi connectivity index (χ1v) is 12.0. The Hall–Kier alpha value is -2.91. The van der Waals surface area contributed by atoms with Crippen LogP contribution in [0.5, 0.6) is 0 Å². The van der Waals surface area contributed by atoms with Gasteiger partial charge in [0.1, 0.15) is 17.1 Å². The first-order valence-electron chi connectivity index (χ1n) is 10.8. The van der Waals surface area contributed by atoms with E-state index < -0.39 is 11.8 Å². The maximum Gasteiger partial charge on any atom is 0.263 e. The molecular weight excluding hydrogens is 443 g/mol. The lowest BCUT2D eigenvalue weighted by Crippen LogP contribution is -2.45. The standard InChI is InChI=1S/C24H29FN4O3S/c1-15(26)11-28-23(31)22(16(2)30)24(32)29(18-9-10-33-14-18)13-17-7-8-21(27-12-17)19-5-3-4-6-20(19)25/h3-8,12,15,18,30H,9-11,13-14,26H2,1-2H3,(H,28,31)/b22-16+. The van der Waals surface area contributed by atoms with Gasteiger partial charge < -0.3 is 21.1 Å². The van der Waals surface area contributed by atoms with Crippen LogP contribution in [0.15, 0.2) is 53.9 Å².